The minimum absolute atomic E-state index is 0.329. The normalized spacial score (nSPS) is 16.5. The van der Waals surface area contributed by atoms with Gasteiger partial charge in [0.25, 0.3) is 0 Å². The van der Waals surface area contributed by atoms with Crippen LogP contribution in [0.2, 0.25) is 0 Å². The van der Waals surface area contributed by atoms with Crippen molar-refractivity contribution < 1.29 is 4.74 Å². The van der Waals surface area contributed by atoms with Crippen molar-refractivity contribution in [1.82, 2.24) is 34.3 Å². The molecule has 4 aromatic heterocycles. The van der Waals surface area contributed by atoms with Gasteiger partial charge in [-0.05, 0) is 50.8 Å². The second kappa shape index (κ2) is 7.13. The molecule has 1 aliphatic heterocycles. The minimum atomic E-state index is 0.329. The van der Waals surface area contributed by atoms with E-state index in [1.807, 2.05) is 42.8 Å². The minimum Gasteiger partial charge on any atom is -0.381 e. The Balaban J connectivity index is 1.66. The number of hydrogen-bond acceptors (Lipinski definition) is 5. The van der Waals surface area contributed by atoms with Crippen LogP contribution in [0.15, 0.2) is 30.6 Å². The van der Waals surface area contributed by atoms with Gasteiger partial charge < -0.3 is 9.30 Å². The highest BCUT2D eigenvalue weighted by molar-refractivity contribution is 6.11. The van der Waals surface area contributed by atoms with Gasteiger partial charge in [-0.15, -0.1) is 5.10 Å². The van der Waals surface area contributed by atoms with E-state index in [1.165, 1.54) is 10.9 Å². The Morgan fingerprint density at radius 3 is 2.56 bits per heavy atom. The molecule has 0 N–H and O–H groups in total. The van der Waals surface area contributed by atoms with E-state index < -0.39 is 0 Å². The zero-order chi connectivity index (χ0) is 22.0. The fourth-order valence-electron chi connectivity index (χ4n) is 5.38. The number of rotatable bonds is 3. The molecule has 0 saturated carbocycles. The van der Waals surface area contributed by atoms with Gasteiger partial charge in [0.2, 0.25) is 0 Å². The molecule has 0 spiro atoms. The molecule has 0 unspecified atom stereocenters. The van der Waals surface area contributed by atoms with Crippen molar-refractivity contribution in [3.63, 3.8) is 0 Å². The van der Waals surface area contributed by atoms with Crippen molar-refractivity contribution >= 4 is 32.8 Å². The number of aromatic nitrogens is 7. The first-order valence-electron chi connectivity index (χ1n) is 11.2. The lowest BCUT2D eigenvalue weighted by molar-refractivity contribution is 0.0525. The number of fused-ring (bicyclic) bond motifs is 4. The van der Waals surface area contributed by atoms with Gasteiger partial charge in [0.1, 0.15) is 0 Å². The summed E-state index contributed by atoms with van der Waals surface area (Å²) < 4.78 is 11.9. The number of ether oxygens (including phenoxy) is 1. The zero-order valence-corrected chi connectivity index (χ0v) is 18.9. The van der Waals surface area contributed by atoms with Gasteiger partial charge >= 0.3 is 0 Å². The lowest BCUT2D eigenvalue weighted by Gasteiger charge is -2.30. The topological polar surface area (TPSA) is 75.6 Å². The predicted molar refractivity (Wildman–Crippen MR) is 124 cm³/mol. The molecule has 1 fully saturated rings. The van der Waals surface area contributed by atoms with Crippen LogP contribution in [0, 0.1) is 12.8 Å². The van der Waals surface area contributed by atoms with Gasteiger partial charge in [0.05, 0.1) is 39.7 Å². The largest absolute Gasteiger partial charge is 0.381 e. The Morgan fingerprint density at radius 1 is 1.00 bits per heavy atom. The molecule has 8 heteroatoms. The van der Waals surface area contributed by atoms with Crippen LogP contribution in [0.1, 0.15) is 31.5 Å². The van der Waals surface area contributed by atoms with Gasteiger partial charge in [-0.1, -0.05) is 5.21 Å². The molecule has 0 amide bonds. The van der Waals surface area contributed by atoms with E-state index in [2.05, 4.69) is 45.1 Å². The van der Waals surface area contributed by atoms with E-state index in [0.717, 1.165) is 64.9 Å². The van der Waals surface area contributed by atoms with Crippen LogP contribution in [0.3, 0.4) is 0 Å². The van der Waals surface area contributed by atoms with Gasteiger partial charge in [-0.25, -0.2) is 4.68 Å². The van der Waals surface area contributed by atoms with Crippen molar-refractivity contribution in [3.8, 4) is 11.3 Å². The van der Waals surface area contributed by atoms with Crippen LogP contribution < -0.4 is 0 Å². The van der Waals surface area contributed by atoms with Crippen LogP contribution in [0.25, 0.3) is 44.1 Å². The molecule has 6 rings (SSSR count). The first-order valence-corrected chi connectivity index (χ1v) is 11.2. The Morgan fingerprint density at radius 2 is 1.81 bits per heavy atom. The maximum Gasteiger partial charge on any atom is 0.0961 e. The zero-order valence-electron chi connectivity index (χ0n) is 18.9. The lowest BCUT2D eigenvalue weighted by Crippen LogP contribution is -2.24. The maximum absolute atomic E-state index is 5.65. The predicted octanol–water partition coefficient (Wildman–Crippen LogP) is 4.17. The summed E-state index contributed by atoms with van der Waals surface area (Å²) in [6.07, 6.45) is 6.05. The average molecular weight is 430 g/mol. The van der Waals surface area contributed by atoms with Crippen LogP contribution >= 0.6 is 0 Å². The second-order valence-electron chi connectivity index (χ2n) is 9.00. The van der Waals surface area contributed by atoms with Crippen LogP contribution in [0.5, 0.6) is 0 Å². The van der Waals surface area contributed by atoms with Crippen molar-refractivity contribution in [2.45, 2.75) is 32.7 Å². The Kier molecular flexibility index (Phi) is 4.33. The van der Waals surface area contributed by atoms with Crippen molar-refractivity contribution in [3.05, 3.63) is 36.3 Å². The monoisotopic (exact) mass is 429 g/mol. The Bertz CT molecular complexity index is 1450. The van der Waals surface area contributed by atoms with E-state index >= 15 is 0 Å². The van der Waals surface area contributed by atoms with Gasteiger partial charge in [0.15, 0.2) is 0 Å². The highest BCUT2D eigenvalue weighted by Gasteiger charge is 2.26. The molecule has 1 saturated heterocycles. The SMILES string of the molecule is Cc1nnn(C)c1-c1cnc2c3cc4c(cnn4C)cc3n([C@H](C)C3CCOCC3)c2c1. The highest BCUT2D eigenvalue weighted by Crippen LogP contribution is 2.39. The lowest BCUT2D eigenvalue weighted by atomic mass is 9.92. The standard InChI is InChI=1S/C24H27N7O/c1-14-24(30(4)28-27-14)18-10-22-23(25-12-18)19-11-20-17(13-26-29(20)3)9-21(19)31(22)15(2)16-5-7-32-8-6-16/h9-13,15-16H,5-8H2,1-4H3/t15-/m1/s1. The third kappa shape index (κ3) is 2.79. The van der Waals surface area contributed by atoms with Crippen molar-refractivity contribution in [2.24, 2.45) is 20.0 Å². The summed E-state index contributed by atoms with van der Waals surface area (Å²) in [4.78, 5) is 4.97. The summed E-state index contributed by atoms with van der Waals surface area (Å²) in [5, 5.41) is 15.2. The summed E-state index contributed by atoms with van der Waals surface area (Å²) in [6, 6.07) is 7.09. The molecule has 1 atom stereocenters. The Hall–Kier alpha value is -3.26. The molecule has 0 radical (unpaired) electrons. The first kappa shape index (κ1) is 19.4. The summed E-state index contributed by atoms with van der Waals surface area (Å²) in [5.74, 6) is 0.566. The second-order valence-corrected chi connectivity index (χ2v) is 9.00. The van der Waals surface area contributed by atoms with Crippen molar-refractivity contribution in [1.29, 1.82) is 0 Å². The summed E-state index contributed by atoms with van der Waals surface area (Å²) in [5.41, 5.74) is 7.46. The number of pyridine rings is 1. The third-order valence-corrected chi connectivity index (χ3v) is 7.13. The van der Waals surface area contributed by atoms with E-state index in [4.69, 9.17) is 9.72 Å². The molecule has 0 aliphatic carbocycles. The molecule has 5 heterocycles. The first-order chi connectivity index (χ1) is 15.5. The van der Waals surface area contributed by atoms with Gasteiger partial charge in [-0.2, -0.15) is 5.10 Å². The van der Waals surface area contributed by atoms with E-state index in [1.54, 1.807) is 0 Å². The van der Waals surface area contributed by atoms with E-state index in [9.17, 15) is 0 Å². The number of aryl methyl sites for hydroxylation is 3. The van der Waals surface area contributed by atoms with E-state index in [0.29, 0.717) is 12.0 Å². The molecule has 32 heavy (non-hydrogen) atoms. The highest BCUT2D eigenvalue weighted by atomic mass is 16.5. The van der Waals surface area contributed by atoms with Crippen LogP contribution in [-0.4, -0.2) is 47.5 Å². The van der Waals surface area contributed by atoms with Gasteiger partial charge in [-0.3, -0.25) is 9.67 Å². The Labute approximate surface area is 185 Å². The quantitative estimate of drug-likeness (QED) is 0.430. The fraction of sp³-hybridized carbons (Fsp3) is 0.417. The molecule has 5 aromatic rings. The summed E-state index contributed by atoms with van der Waals surface area (Å²) in [6.45, 7) is 6.00. The molecule has 1 aromatic carbocycles. The molecular weight excluding hydrogens is 402 g/mol. The van der Waals surface area contributed by atoms with Crippen molar-refractivity contribution in [2.75, 3.05) is 13.2 Å². The number of benzene rings is 1. The van der Waals surface area contributed by atoms with Gasteiger partial charge in [0, 0.05) is 55.9 Å². The van der Waals surface area contributed by atoms with Crippen LogP contribution in [-0.2, 0) is 18.8 Å². The fourth-order valence-corrected chi connectivity index (χ4v) is 5.38. The molecule has 1 aliphatic rings. The molecular formula is C24H27N7O. The number of hydrogen-bond donors (Lipinski definition) is 0. The molecule has 8 nitrogen and oxygen atoms in total. The average Bonchev–Trinajstić information content (AvgIpc) is 3.45. The smallest absolute Gasteiger partial charge is 0.0961 e. The maximum atomic E-state index is 5.65. The van der Waals surface area contributed by atoms with E-state index in [-0.39, 0.29) is 0 Å². The summed E-state index contributed by atoms with van der Waals surface area (Å²) >= 11 is 0. The van der Waals surface area contributed by atoms with Crippen LogP contribution in [0.4, 0.5) is 0 Å². The molecule has 0 bridgehead atoms. The number of nitrogens with zero attached hydrogens (tertiary/aromatic N) is 7. The summed E-state index contributed by atoms with van der Waals surface area (Å²) in [7, 11) is 3.92. The third-order valence-electron chi connectivity index (χ3n) is 7.13. The molecule has 164 valence electrons.